The summed E-state index contributed by atoms with van der Waals surface area (Å²) in [6.07, 6.45) is 3.27. The SMILES string of the molecule is CC(C)c1ccc(COc2ccc(-c3c(-c4ccncc4)nn4c3C(=O)N(CCO)CC4)c(F)c2)cc1. The number of halogens is 1. The van der Waals surface area contributed by atoms with Gasteiger partial charge in [-0.2, -0.15) is 5.10 Å². The van der Waals surface area contributed by atoms with E-state index in [0.717, 1.165) is 11.1 Å². The van der Waals surface area contributed by atoms with Crippen molar-refractivity contribution in [3.63, 3.8) is 0 Å². The van der Waals surface area contributed by atoms with Gasteiger partial charge >= 0.3 is 0 Å². The van der Waals surface area contributed by atoms with Crippen LogP contribution in [-0.4, -0.2) is 50.4 Å². The molecular weight excluding hydrogens is 471 g/mol. The van der Waals surface area contributed by atoms with E-state index in [4.69, 9.17) is 4.74 Å². The number of aliphatic hydroxyl groups is 1. The molecule has 0 spiro atoms. The quantitative estimate of drug-likeness (QED) is 0.372. The molecule has 0 saturated heterocycles. The monoisotopic (exact) mass is 500 g/mol. The number of amides is 1. The summed E-state index contributed by atoms with van der Waals surface area (Å²) in [6, 6.07) is 16.4. The molecule has 4 aromatic rings. The van der Waals surface area contributed by atoms with E-state index in [2.05, 4.69) is 36.1 Å². The van der Waals surface area contributed by atoms with Gasteiger partial charge in [0.25, 0.3) is 5.91 Å². The smallest absolute Gasteiger partial charge is 0.272 e. The molecule has 5 rings (SSSR count). The Kier molecular flexibility index (Phi) is 7.01. The molecule has 0 aliphatic carbocycles. The molecule has 0 unspecified atom stereocenters. The van der Waals surface area contributed by atoms with E-state index < -0.39 is 5.82 Å². The zero-order valence-electron chi connectivity index (χ0n) is 20.9. The van der Waals surface area contributed by atoms with Gasteiger partial charge in [-0.05, 0) is 41.3 Å². The summed E-state index contributed by atoms with van der Waals surface area (Å²) in [5, 5.41) is 14.1. The maximum absolute atomic E-state index is 15.6. The summed E-state index contributed by atoms with van der Waals surface area (Å²) < 4.78 is 23.1. The number of hydrogen-bond acceptors (Lipinski definition) is 5. The number of hydrogen-bond donors (Lipinski definition) is 1. The lowest BCUT2D eigenvalue weighted by molar-refractivity contribution is 0.0662. The highest BCUT2D eigenvalue weighted by molar-refractivity contribution is 6.03. The molecule has 1 aliphatic rings. The minimum absolute atomic E-state index is 0.146. The Balaban J connectivity index is 1.48. The lowest BCUT2D eigenvalue weighted by Crippen LogP contribution is -2.42. The van der Waals surface area contributed by atoms with Crippen molar-refractivity contribution < 1.29 is 19.0 Å². The third kappa shape index (κ3) is 4.97. The van der Waals surface area contributed by atoms with Crippen LogP contribution in [0.5, 0.6) is 5.75 Å². The number of benzene rings is 2. The first kappa shape index (κ1) is 24.6. The summed E-state index contributed by atoms with van der Waals surface area (Å²) in [5.74, 6) is 0.0540. The highest BCUT2D eigenvalue weighted by Crippen LogP contribution is 2.38. The van der Waals surface area contributed by atoms with Gasteiger partial charge in [-0.3, -0.25) is 14.5 Å². The molecule has 0 bridgehead atoms. The first-order valence-corrected chi connectivity index (χ1v) is 12.4. The Labute approximate surface area is 215 Å². The van der Waals surface area contributed by atoms with E-state index in [9.17, 15) is 9.90 Å². The number of rotatable bonds is 8. The normalized spacial score (nSPS) is 13.2. The summed E-state index contributed by atoms with van der Waals surface area (Å²) in [5.41, 5.74) is 4.49. The molecule has 7 nitrogen and oxygen atoms in total. The topological polar surface area (TPSA) is 80.5 Å². The van der Waals surface area contributed by atoms with Gasteiger partial charge in [0.15, 0.2) is 0 Å². The Morgan fingerprint density at radius 1 is 1.05 bits per heavy atom. The molecule has 2 aromatic heterocycles. The molecule has 0 saturated carbocycles. The van der Waals surface area contributed by atoms with Crippen LogP contribution in [0, 0.1) is 5.82 Å². The van der Waals surface area contributed by atoms with E-state index >= 15 is 4.39 Å². The number of aromatic nitrogens is 3. The van der Waals surface area contributed by atoms with Crippen LogP contribution in [0.4, 0.5) is 4.39 Å². The molecule has 0 atom stereocenters. The summed E-state index contributed by atoms with van der Waals surface area (Å²) in [7, 11) is 0. The van der Waals surface area contributed by atoms with Gasteiger partial charge < -0.3 is 14.7 Å². The molecule has 1 aliphatic heterocycles. The van der Waals surface area contributed by atoms with Crippen LogP contribution in [0.3, 0.4) is 0 Å². The fourth-order valence-corrected chi connectivity index (χ4v) is 4.56. The Hall–Kier alpha value is -4.04. The second-order valence-electron chi connectivity index (χ2n) is 9.37. The van der Waals surface area contributed by atoms with Crippen LogP contribution in [0.25, 0.3) is 22.4 Å². The van der Waals surface area contributed by atoms with E-state index in [1.165, 1.54) is 11.6 Å². The van der Waals surface area contributed by atoms with Crippen LogP contribution in [-0.2, 0) is 13.2 Å². The number of β-amino-alcohol motifs (C(OH)–C–C–N with tert-alkyl or cyclic N) is 1. The zero-order valence-corrected chi connectivity index (χ0v) is 20.9. The van der Waals surface area contributed by atoms with E-state index in [-0.39, 0.29) is 24.6 Å². The van der Waals surface area contributed by atoms with Gasteiger partial charge in [0, 0.05) is 48.2 Å². The second-order valence-corrected chi connectivity index (χ2v) is 9.37. The minimum atomic E-state index is -0.508. The molecule has 190 valence electrons. The Bertz CT molecular complexity index is 1400. The highest BCUT2D eigenvalue weighted by Gasteiger charge is 2.33. The zero-order chi connectivity index (χ0) is 25.9. The average molecular weight is 501 g/mol. The van der Waals surface area contributed by atoms with Crippen LogP contribution >= 0.6 is 0 Å². The number of aliphatic hydroxyl groups excluding tert-OH is 1. The fourth-order valence-electron chi connectivity index (χ4n) is 4.56. The number of fused-ring (bicyclic) bond motifs is 1. The maximum Gasteiger partial charge on any atom is 0.272 e. The van der Waals surface area contributed by atoms with Crippen molar-refractivity contribution in [1.82, 2.24) is 19.7 Å². The third-order valence-electron chi connectivity index (χ3n) is 6.61. The highest BCUT2D eigenvalue weighted by atomic mass is 19.1. The van der Waals surface area contributed by atoms with E-state index in [1.807, 2.05) is 12.1 Å². The van der Waals surface area contributed by atoms with Crippen molar-refractivity contribution >= 4 is 5.91 Å². The molecule has 8 heteroatoms. The summed E-state index contributed by atoms with van der Waals surface area (Å²) >= 11 is 0. The Morgan fingerprint density at radius 2 is 1.81 bits per heavy atom. The number of carbonyl (C=O) groups is 1. The lowest BCUT2D eigenvalue weighted by Gasteiger charge is -2.27. The van der Waals surface area contributed by atoms with Crippen LogP contribution in [0.1, 0.15) is 41.4 Å². The van der Waals surface area contributed by atoms with E-state index in [0.29, 0.717) is 48.3 Å². The van der Waals surface area contributed by atoms with E-state index in [1.54, 1.807) is 46.2 Å². The Morgan fingerprint density at radius 3 is 2.49 bits per heavy atom. The molecule has 0 fully saturated rings. The first-order valence-electron chi connectivity index (χ1n) is 12.4. The summed E-state index contributed by atoms with van der Waals surface area (Å²) in [6.45, 7) is 5.55. The van der Waals surface area contributed by atoms with Crippen LogP contribution in [0.15, 0.2) is 67.0 Å². The molecule has 1 amide bonds. The number of ether oxygens (including phenoxy) is 1. The van der Waals surface area contributed by atoms with Gasteiger partial charge in [0.1, 0.15) is 29.6 Å². The van der Waals surface area contributed by atoms with Crippen molar-refractivity contribution in [2.24, 2.45) is 0 Å². The second kappa shape index (κ2) is 10.5. The molecule has 37 heavy (non-hydrogen) atoms. The van der Waals surface area contributed by atoms with Crippen molar-refractivity contribution in [2.45, 2.75) is 32.9 Å². The largest absolute Gasteiger partial charge is 0.489 e. The molecule has 3 heterocycles. The number of nitrogens with zero attached hydrogens (tertiary/aromatic N) is 4. The molecule has 1 N–H and O–H groups in total. The van der Waals surface area contributed by atoms with Crippen molar-refractivity contribution in [3.05, 3.63) is 89.6 Å². The van der Waals surface area contributed by atoms with Gasteiger partial charge in [-0.1, -0.05) is 38.1 Å². The van der Waals surface area contributed by atoms with Gasteiger partial charge in [0.05, 0.1) is 13.2 Å². The van der Waals surface area contributed by atoms with Crippen LogP contribution in [0.2, 0.25) is 0 Å². The fraction of sp³-hybridized carbons (Fsp3) is 0.276. The minimum Gasteiger partial charge on any atom is -0.489 e. The molecule has 2 aromatic carbocycles. The standard InChI is InChI=1S/C29H29FN4O3/c1-19(2)21-5-3-20(4-6-21)18-37-23-7-8-24(25(30)17-23)26-27(22-9-11-31-12-10-22)32-34-14-13-33(15-16-35)29(36)28(26)34/h3-12,17,19,35H,13-16,18H2,1-2H3. The van der Waals surface area contributed by atoms with Gasteiger partial charge in [0.2, 0.25) is 0 Å². The van der Waals surface area contributed by atoms with Crippen molar-refractivity contribution in [3.8, 4) is 28.1 Å². The lowest BCUT2D eigenvalue weighted by atomic mass is 9.97. The summed E-state index contributed by atoms with van der Waals surface area (Å²) in [4.78, 5) is 19.0. The first-order chi connectivity index (χ1) is 18.0. The van der Waals surface area contributed by atoms with Crippen molar-refractivity contribution in [2.75, 3.05) is 19.7 Å². The molecular formula is C29H29FN4O3. The predicted molar refractivity (Wildman–Crippen MR) is 139 cm³/mol. The van der Waals surface area contributed by atoms with Gasteiger partial charge in [-0.15, -0.1) is 0 Å². The number of carbonyl (C=O) groups excluding carboxylic acids is 1. The van der Waals surface area contributed by atoms with Crippen molar-refractivity contribution in [1.29, 1.82) is 0 Å². The van der Waals surface area contributed by atoms with Gasteiger partial charge in [-0.25, -0.2) is 4.39 Å². The third-order valence-corrected chi connectivity index (χ3v) is 6.61. The predicted octanol–water partition coefficient (Wildman–Crippen LogP) is 4.90. The molecule has 0 radical (unpaired) electrons. The maximum atomic E-state index is 15.6. The van der Waals surface area contributed by atoms with Crippen LogP contribution < -0.4 is 4.74 Å². The number of pyridine rings is 1. The average Bonchev–Trinajstić information content (AvgIpc) is 3.30.